The molecule has 4 amide bonds. The van der Waals surface area contributed by atoms with Crippen LogP contribution in [-0.4, -0.2) is 128 Å². The van der Waals surface area contributed by atoms with E-state index in [1.165, 1.54) is 19.3 Å². The molecule has 0 radical (unpaired) electrons. The van der Waals surface area contributed by atoms with Crippen LogP contribution < -0.4 is 27.0 Å². The van der Waals surface area contributed by atoms with Crippen LogP contribution in [0, 0.1) is 11.8 Å². The Morgan fingerprint density at radius 1 is 0.692 bits per heavy atom. The van der Waals surface area contributed by atoms with E-state index in [2.05, 4.69) is 53.2 Å². The molecule has 3 fully saturated rings. The third-order valence-electron chi connectivity index (χ3n) is 12.9. The third kappa shape index (κ3) is 17.1. The number of carbonyl (C=O) groups excluding carboxylic acids is 4. The predicted molar refractivity (Wildman–Crippen MR) is 267 cm³/mol. The molecule has 2 aromatic carbocycles. The van der Waals surface area contributed by atoms with E-state index < -0.39 is 0 Å². The highest BCUT2D eigenvalue weighted by molar-refractivity contribution is 6.42. The first kappa shape index (κ1) is 54.4. The monoisotopic (exact) mass is 976 g/mol. The van der Waals surface area contributed by atoms with Crippen LogP contribution in [0.25, 0.3) is 0 Å². The van der Waals surface area contributed by atoms with Crippen molar-refractivity contribution in [1.29, 1.82) is 0 Å². The molecule has 6 N–H and O–H groups in total. The summed E-state index contributed by atoms with van der Waals surface area (Å²) in [5, 5.41) is 14.4. The van der Waals surface area contributed by atoms with Gasteiger partial charge in [-0.05, 0) is 133 Å². The molecule has 2 unspecified atom stereocenters. The van der Waals surface area contributed by atoms with Gasteiger partial charge in [0.25, 0.3) is 11.8 Å². The molecule has 3 heterocycles. The summed E-state index contributed by atoms with van der Waals surface area (Å²) in [6.45, 7) is 23.6. The van der Waals surface area contributed by atoms with E-state index in [1.807, 2.05) is 23.6 Å². The Morgan fingerprint density at radius 3 is 1.51 bits per heavy atom. The molecule has 0 aromatic heterocycles. The quantitative estimate of drug-likeness (QED) is 0.0890. The number of rotatable bonds is 19. The van der Waals surface area contributed by atoms with E-state index in [9.17, 15) is 19.2 Å². The molecule has 12 nitrogen and oxygen atoms in total. The summed E-state index contributed by atoms with van der Waals surface area (Å²) >= 11 is 24.0. The van der Waals surface area contributed by atoms with Crippen LogP contribution in [0.1, 0.15) is 106 Å². The lowest BCUT2D eigenvalue weighted by Gasteiger charge is -2.31. The van der Waals surface area contributed by atoms with Crippen molar-refractivity contribution in [2.75, 3.05) is 65.4 Å². The summed E-state index contributed by atoms with van der Waals surface area (Å²) in [6, 6.07) is 9.01. The lowest BCUT2D eigenvalue weighted by atomic mass is 9.98. The number of piperidine rings is 1. The highest BCUT2D eigenvalue weighted by Gasteiger charge is 2.34. The number of hydrogen-bond donors (Lipinski definition) is 5. The SMILES string of the molecule is C=C(C)C(CC)CN1CC[C@@H](CNC(=O)c2ccc(Cl)c(Cl)c2)N[C@@H](CCN)C1=O.C=C(C)C(CC)CN1CC[C@@H](CNC(=O)c2ccc(Cl)c(Cl)c2)N[C@@H](CCN2CCCCC2)C1=O. The zero-order valence-corrected chi connectivity index (χ0v) is 41.9. The van der Waals surface area contributed by atoms with Gasteiger partial charge in [0.15, 0.2) is 0 Å². The minimum atomic E-state index is -0.355. The van der Waals surface area contributed by atoms with Gasteiger partial charge in [0.2, 0.25) is 11.8 Å². The molecule has 3 saturated heterocycles. The van der Waals surface area contributed by atoms with E-state index in [4.69, 9.17) is 52.1 Å². The van der Waals surface area contributed by atoms with Crippen molar-refractivity contribution in [2.24, 2.45) is 17.6 Å². The summed E-state index contributed by atoms with van der Waals surface area (Å²) < 4.78 is 0. The number of halogens is 4. The molecular formula is C49H72Cl4N8O4. The van der Waals surface area contributed by atoms with Crippen molar-refractivity contribution in [3.63, 3.8) is 0 Å². The summed E-state index contributed by atoms with van der Waals surface area (Å²) in [5.41, 5.74) is 8.87. The topological polar surface area (TPSA) is 152 Å². The number of benzene rings is 2. The first-order chi connectivity index (χ1) is 31.0. The van der Waals surface area contributed by atoms with Gasteiger partial charge in [-0.25, -0.2) is 0 Å². The maximum absolute atomic E-state index is 13.6. The number of nitrogens with one attached hydrogen (secondary N) is 4. The fraction of sp³-hybridized carbons (Fsp3) is 0.592. The van der Waals surface area contributed by atoms with Crippen LogP contribution in [0.5, 0.6) is 0 Å². The Balaban J connectivity index is 0.000000288. The molecule has 16 heteroatoms. The summed E-state index contributed by atoms with van der Waals surface area (Å²) in [4.78, 5) is 58.2. The highest BCUT2D eigenvalue weighted by atomic mass is 35.5. The average molecular weight is 979 g/mol. The Bertz CT molecular complexity index is 1930. The third-order valence-corrected chi connectivity index (χ3v) is 14.3. The van der Waals surface area contributed by atoms with Gasteiger partial charge in [-0.15, -0.1) is 0 Å². The molecular weight excluding hydrogens is 906 g/mol. The molecule has 3 aliphatic rings. The van der Waals surface area contributed by atoms with Crippen molar-refractivity contribution in [3.05, 3.63) is 91.9 Å². The molecule has 0 aliphatic carbocycles. The normalized spacial score (nSPS) is 21.6. The zero-order chi connectivity index (χ0) is 47.6. The largest absolute Gasteiger partial charge is 0.350 e. The van der Waals surface area contributed by atoms with Gasteiger partial charge < -0.3 is 41.7 Å². The minimum Gasteiger partial charge on any atom is -0.350 e. The van der Waals surface area contributed by atoms with E-state index in [0.717, 1.165) is 62.9 Å². The van der Waals surface area contributed by atoms with Crippen LogP contribution in [0.2, 0.25) is 20.1 Å². The Hall–Kier alpha value is -3.20. The van der Waals surface area contributed by atoms with Crippen LogP contribution in [0.15, 0.2) is 60.7 Å². The van der Waals surface area contributed by atoms with Crippen LogP contribution in [-0.2, 0) is 9.59 Å². The number of hydrogen-bond acceptors (Lipinski definition) is 8. The molecule has 0 spiro atoms. The predicted octanol–water partition coefficient (Wildman–Crippen LogP) is 7.99. The second-order valence-electron chi connectivity index (χ2n) is 17.8. The highest BCUT2D eigenvalue weighted by Crippen LogP contribution is 2.25. The van der Waals surface area contributed by atoms with Crippen molar-refractivity contribution in [3.8, 4) is 0 Å². The van der Waals surface area contributed by atoms with Gasteiger partial charge >= 0.3 is 0 Å². The number of amides is 4. The smallest absolute Gasteiger partial charge is 0.251 e. The van der Waals surface area contributed by atoms with Gasteiger partial charge in [-0.1, -0.05) is 91.0 Å². The van der Waals surface area contributed by atoms with Gasteiger partial charge in [-0.3, -0.25) is 19.2 Å². The molecule has 360 valence electrons. The maximum atomic E-state index is 13.6. The van der Waals surface area contributed by atoms with Crippen LogP contribution in [0.3, 0.4) is 0 Å². The Morgan fingerprint density at radius 2 is 1.12 bits per heavy atom. The Labute approximate surface area is 407 Å². The molecule has 3 aliphatic heterocycles. The van der Waals surface area contributed by atoms with E-state index in [-0.39, 0.29) is 53.7 Å². The average Bonchev–Trinajstić information content (AvgIpc) is 3.53. The van der Waals surface area contributed by atoms with E-state index in [0.29, 0.717) is 89.4 Å². The molecule has 0 bridgehead atoms. The fourth-order valence-corrected chi connectivity index (χ4v) is 9.23. The first-order valence-electron chi connectivity index (χ1n) is 23.3. The van der Waals surface area contributed by atoms with E-state index in [1.54, 1.807) is 36.4 Å². The van der Waals surface area contributed by atoms with Gasteiger partial charge in [-0.2, -0.15) is 0 Å². The lowest BCUT2D eigenvalue weighted by Crippen LogP contribution is -2.50. The van der Waals surface area contributed by atoms with Crippen molar-refractivity contribution < 1.29 is 19.2 Å². The minimum absolute atomic E-state index is 0.00642. The number of nitrogens with zero attached hydrogens (tertiary/aromatic N) is 3. The van der Waals surface area contributed by atoms with Crippen molar-refractivity contribution in [1.82, 2.24) is 36.0 Å². The van der Waals surface area contributed by atoms with Crippen molar-refractivity contribution >= 4 is 70.0 Å². The number of nitrogens with two attached hydrogens (primary N) is 1. The molecule has 0 saturated carbocycles. The molecule has 2 aromatic rings. The first-order valence-corrected chi connectivity index (χ1v) is 24.8. The Kier molecular flexibility index (Phi) is 23.1. The summed E-state index contributed by atoms with van der Waals surface area (Å²) in [6.07, 6.45) is 8.51. The summed E-state index contributed by atoms with van der Waals surface area (Å²) in [5.74, 6) is 0.381. The lowest BCUT2D eigenvalue weighted by molar-refractivity contribution is -0.134. The number of likely N-dealkylation sites (tertiary alicyclic amines) is 1. The van der Waals surface area contributed by atoms with Gasteiger partial charge in [0.05, 0.1) is 32.2 Å². The van der Waals surface area contributed by atoms with Crippen LogP contribution >= 0.6 is 46.4 Å². The molecule has 6 atom stereocenters. The second-order valence-corrected chi connectivity index (χ2v) is 19.5. The number of carbonyl (C=O) groups is 4. The standard InChI is InChI=1S/C27H40Cl2N4O2.C22H32Cl2N4O2/c1-4-20(19(2)3)18-33-15-10-22(17-30-26(34)21-8-9-23(28)24(29)16-21)31-25(27(33)35)11-14-32-12-6-5-7-13-32;1-4-15(14(2)3)13-28-10-8-17(27-20(7-9-25)22(28)30)12-26-21(29)16-5-6-18(23)19(24)11-16/h8-9,16,20,22,25,31H,2,4-7,10-15,17-18H2,1,3H3,(H,30,34);5-6,11,15,17,20,27H,2,4,7-10,12-13,25H2,1,3H3,(H,26,29)/t20?,22-,25-;15?,17-,20-/m00/s1. The molecule has 65 heavy (non-hydrogen) atoms. The zero-order valence-electron chi connectivity index (χ0n) is 38.8. The van der Waals surface area contributed by atoms with Crippen LogP contribution in [0.4, 0.5) is 0 Å². The molecule has 5 rings (SSSR count). The fourth-order valence-electron chi connectivity index (χ4n) is 8.63. The van der Waals surface area contributed by atoms with Gasteiger partial charge in [0, 0.05) is 69.0 Å². The summed E-state index contributed by atoms with van der Waals surface area (Å²) in [7, 11) is 0. The second kappa shape index (κ2) is 27.6. The van der Waals surface area contributed by atoms with Crippen molar-refractivity contribution in [2.45, 2.75) is 110 Å². The van der Waals surface area contributed by atoms with E-state index >= 15 is 0 Å². The van der Waals surface area contributed by atoms with Gasteiger partial charge in [0.1, 0.15) is 0 Å². The maximum Gasteiger partial charge on any atom is 0.251 e.